The van der Waals surface area contributed by atoms with E-state index in [0.717, 1.165) is 0 Å². The summed E-state index contributed by atoms with van der Waals surface area (Å²) < 4.78 is 6.49. The number of carbonyl (C=O) groups is 2. The van der Waals surface area contributed by atoms with Crippen LogP contribution in [0.2, 0.25) is 0 Å². The van der Waals surface area contributed by atoms with Crippen LogP contribution in [0.5, 0.6) is 0 Å². The molecule has 1 N–H and O–H groups in total. The molecule has 0 saturated carbocycles. The highest BCUT2D eigenvalue weighted by Crippen LogP contribution is 2.14. The second-order valence-electron chi connectivity index (χ2n) is 7.16. The molecule has 1 aromatic carbocycles. The van der Waals surface area contributed by atoms with Crippen molar-refractivity contribution in [3.8, 4) is 0 Å². The van der Waals surface area contributed by atoms with Crippen LogP contribution in [-0.2, 0) is 4.74 Å². The fourth-order valence-corrected chi connectivity index (χ4v) is 2.32. The zero-order valence-corrected chi connectivity index (χ0v) is 14.7. The molecule has 7 nitrogen and oxygen atoms in total. The Morgan fingerprint density at radius 3 is 2.54 bits per heavy atom. The summed E-state index contributed by atoms with van der Waals surface area (Å²) in [6, 6.07) is 6.47. The molecule has 2 aromatic rings. The number of nitrogens with zero attached hydrogens (tertiary/aromatic N) is 3. The zero-order valence-electron chi connectivity index (χ0n) is 14.7. The molecule has 0 bridgehead atoms. The van der Waals surface area contributed by atoms with Crippen molar-refractivity contribution in [2.75, 3.05) is 0 Å². The minimum absolute atomic E-state index is 0.212. The first-order valence-electron chi connectivity index (χ1n) is 8.01. The summed E-state index contributed by atoms with van der Waals surface area (Å²) in [5.41, 5.74) is 0.615. The summed E-state index contributed by atoms with van der Waals surface area (Å²) in [5, 5.41) is 10.6. The molecule has 0 aliphatic heterocycles. The molecule has 0 radical (unpaired) electrons. The smallest absolute Gasteiger partial charge is 0.408 e. The Morgan fingerprint density at radius 1 is 1.25 bits per heavy atom. The molecule has 2 rings (SSSR count). The van der Waals surface area contributed by atoms with E-state index >= 15 is 0 Å². The number of carbonyl (C=O) groups excluding carboxylic acids is 2. The first-order chi connectivity index (χ1) is 11.2. The number of nitrogens with one attached hydrogen (secondary N) is 1. The van der Waals surface area contributed by atoms with Crippen LogP contribution in [-0.4, -0.2) is 38.6 Å². The number of hydrogen-bond acceptors (Lipinski definition) is 5. The van der Waals surface area contributed by atoms with Gasteiger partial charge < -0.3 is 10.1 Å². The van der Waals surface area contributed by atoms with Crippen molar-refractivity contribution in [2.45, 2.75) is 52.7 Å². The lowest BCUT2D eigenvalue weighted by molar-refractivity contribution is 0.0473. The normalized spacial score (nSPS) is 13.1. The summed E-state index contributed by atoms with van der Waals surface area (Å²) in [5.74, 6) is -0.119. The predicted molar refractivity (Wildman–Crippen MR) is 90.8 cm³/mol. The van der Waals surface area contributed by atoms with Crippen LogP contribution >= 0.6 is 0 Å². The number of amides is 1. The second-order valence-corrected chi connectivity index (χ2v) is 7.16. The third kappa shape index (κ3) is 4.53. The standard InChI is InChI=1S/C17H24N4O3/c1-11(2)10-13(18-16(23)24-17(3,4)5)15(22)21-14-9-7-6-8-12(14)19-20-21/h6-9,11,13H,10H2,1-5H3,(H,18,23). The van der Waals surface area contributed by atoms with Gasteiger partial charge in [0.15, 0.2) is 0 Å². The van der Waals surface area contributed by atoms with E-state index in [1.54, 1.807) is 32.9 Å². The Labute approximate surface area is 141 Å². The Kier molecular flexibility index (Phi) is 5.21. The van der Waals surface area contributed by atoms with Crippen LogP contribution in [0.4, 0.5) is 4.79 Å². The average Bonchev–Trinajstić information content (AvgIpc) is 2.87. The Balaban J connectivity index is 2.23. The summed E-state index contributed by atoms with van der Waals surface area (Å²) in [6.45, 7) is 9.29. The number of rotatable bonds is 4. The fraction of sp³-hybridized carbons (Fsp3) is 0.529. The molecule has 1 heterocycles. The molecule has 7 heteroatoms. The lowest BCUT2D eigenvalue weighted by Crippen LogP contribution is -2.46. The largest absolute Gasteiger partial charge is 0.444 e. The quantitative estimate of drug-likeness (QED) is 0.930. The van der Waals surface area contributed by atoms with Crippen LogP contribution in [0.15, 0.2) is 24.3 Å². The number of fused-ring (bicyclic) bond motifs is 1. The van der Waals surface area contributed by atoms with Gasteiger partial charge in [-0.25, -0.2) is 4.79 Å². The van der Waals surface area contributed by atoms with Crippen molar-refractivity contribution >= 4 is 23.0 Å². The minimum atomic E-state index is -0.732. The maximum atomic E-state index is 12.8. The second kappa shape index (κ2) is 6.98. The van der Waals surface area contributed by atoms with Gasteiger partial charge in [-0.15, -0.1) is 5.10 Å². The molecular formula is C17H24N4O3. The number of benzene rings is 1. The molecular weight excluding hydrogens is 308 g/mol. The van der Waals surface area contributed by atoms with Crippen molar-refractivity contribution in [3.05, 3.63) is 24.3 Å². The number of ether oxygens (including phenoxy) is 1. The monoisotopic (exact) mass is 332 g/mol. The van der Waals surface area contributed by atoms with E-state index < -0.39 is 17.7 Å². The number of hydrogen-bond donors (Lipinski definition) is 1. The van der Waals surface area contributed by atoms with Crippen LogP contribution in [0, 0.1) is 5.92 Å². The number of aromatic nitrogens is 3. The first kappa shape index (κ1) is 17.9. The number of alkyl carbamates (subject to hydrolysis) is 1. The maximum Gasteiger partial charge on any atom is 0.408 e. The summed E-state index contributed by atoms with van der Waals surface area (Å²) >= 11 is 0. The topological polar surface area (TPSA) is 86.1 Å². The lowest BCUT2D eigenvalue weighted by atomic mass is 10.0. The lowest BCUT2D eigenvalue weighted by Gasteiger charge is -2.23. The van der Waals surface area contributed by atoms with Gasteiger partial charge in [0.1, 0.15) is 17.2 Å². The van der Waals surface area contributed by atoms with Gasteiger partial charge in [-0.2, -0.15) is 4.68 Å². The minimum Gasteiger partial charge on any atom is -0.444 e. The van der Waals surface area contributed by atoms with Crippen molar-refractivity contribution in [1.29, 1.82) is 0 Å². The van der Waals surface area contributed by atoms with Gasteiger partial charge in [0.05, 0.1) is 5.52 Å². The van der Waals surface area contributed by atoms with Gasteiger partial charge in [0, 0.05) is 0 Å². The summed E-state index contributed by atoms with van der Waals surface area (Å²) in [6.07, 6.45) is -0.141. The van der Waals surface area contributed by atoms with Gasteiger partial charge >= 0.3 is 6.09 Å². The van der Waals surface area contributed by atoms with E-state index in [4.69, 9.17) is 4.74 Å². The van der Waals surface area contributed by atoms with E-state index in [1.807, 2.05) is 26.0 Å². The average molecular weight is 332 g/mol. The van der Waals surface area contributed by atoms with Crippen molar-refractivity contribution in [3.63, 3.8) is 0 Å². The van der Waals surface area contributed by atoms with E-state index in [9.17, 15) is 9.59 Å². The molecule has 24 heavy (non-hydrogen) atoms. The SMILES string of the molecule is CC(C)CC(NC(=O)OC(C)(C)C)C(=O)n1nnc2ccccc21. The summed E-state index contributed by atoms with van der Waals surface area (Å²) in [7, 11) is 0. The van der Waals surface area contributed by atoms with Crippen molar-refractivity contribution in [2.24, 2.45) is 5.92 Å². The molecule has 0 fully saturated rings. The fourth-order valence-electron chi connectivity index (χ4n) is 2.32. The Morgan fingerprint density at radius 2 is 1.92 bits per heavy atom. The van der Waals surface area contributed by atoms with Gasteiger partial charge in [0.2, 0.25) is 0 Å². The van der Waals surface area contributed by atoms with Gasteiger partial charge in [0.25, 0.3) is 5.91 Å². The highest BCUT2D eigenvalue weighted by atomic mass is 16.6. The highest BCUT2D eigenvalue weighted by molar-refractivity contribution is 5.93. The van der Waals surface area contributed by atoms with Crippen LogP contribution in [0.1, 0.15) is 45.8 Å². The molecule has 1 atom stereocenters. The van der Waals surface area contributed by atoms with E-state index in [-0.39, 0.29) is 11.8 Å². The van der Waals surface area contributed by atoms with Crippen LogP contribution in [0.3, 0.4) is 0 Å². The third-order valence-electron chi connectivity index (χ3n) is 3.26. The Bertz CT molecular complexity index is 731. The van der Waals surface area contributed by atoms with Gasteiger partial charge in [-0.05, 0) is 45.2 Å². The third-order valence-corrected chi connectivity index (χ3v) is 3.26. The molecule has 0 aliphatic rings. The zero-order chi connectivity index (χ0) is 17.9. The molecule has 0 saturated heterocycles. The van der Waals surface area contributed by atoms with E-state index in [0.29, 0.717) is 17.5 Å². The molecule has 1 unspecified atom stereocenters. The van der Waals surface area contributed by atoms with Crippen molar-refractivity contribution in [1.82, 2.24) is 20.3 Å². The molecule has 0 aliphatic carbocycles. The Hall–Kier alpha value is -2.44. The highest BCUT2D eigenvalue weighted by Gasteiger charge is 2.27. The molecule has 1 amide bonds. The number of para-hydroxylation sites is 1. The van der Waals surface area contributed by atoms with Gasteiger partial charge in [-0.1, -0.05) is 31.2 Å². The van der Waals surface area contributed by atoms with Gasteiger partial charge in [-0.3, -0.25) is 4.79 Å². The maximum absolute atomic E-state index is 12.8. The van der Waals surface area contributed by atoms with E-state index in [1.165, 1.54) is 4.68 Å². The predicted octanol–water partition coefficient (Wildman–Crippen LogP) is 3.01. The molecule has 130 valence electrons. The van der Waals surface area contributed by atoms with Crippen LogP contribution < -0.4 is 5.32 Å². The summed E-state index contributed by atoms with van der Waals surface area (Å²) in [4.78, 5) is 24.9. The molecule has 1 aromatic heterocycles. The van der Waals surface area contributed by atoms with Crippen LogP contribution in [0.25, 0.3) is 11.0 Å². The molecule has 0 spiro atoms. The van der Waals surface area contributed by atoms with E-state index in [2.05, 4.69) is 15.6 Å². The van der Waals surface area contributed by atoms with Crippen molar-refractivity contribution < 1.29 is 14.3 Å². The first-order valence-corrected chi connectivity index (χ1v) is 8.01.